The molecule has 0 spiro atoms. The second-order valence-electron chi connectivity index (χ2n) is 5.19. The summed E-state index contributed by atoms with van der Waals surface area (Å²) in [4.78, 5) is 25.6. The van der Waals surface area contributed by atoms with E-state index in [1.165, 1.54) is 24.3 Å². The van der Waals surface area contributed by atoms with Crippen LogP contribution in [0.3, 0.4) is 0 Å². The molecule has 0 radical (unpaired) electrons. The Labute approximate surface area is 135 Å². The number of hydrogen-bond acceptors (Lipinski definition) is 3. The summed E-state index contributed by atoms with van der Waals surface area (Å²) in [7, 11) is 0. The van der Waals surface area contributed by atoms with Crippen LogP contribution in [-0.4, -0.2) is 36.3 Å². The zero-order valence-electron chi connectivity index (χ0n) is 12.3. The number of amides is 2. The molecule has 0 aliphatic carbocycles. The van der Waals surface area contributed by atoms with Crippen LogP contribution in [0.25, 0.3) is 0 Å². The molecule has 1 aromatic rings. The van der Waals surface area contributed by atoms with Gasteiger partial charge in [-0.05, 0) is 37.1 Å². The predicted molar refractivity (Wildman–Crippen MR) is 85.3 cm³/mol. The monoisotopic (exact) mass is 329 g/mol. The molecular weight excluding hydrogens is 309 g/mol. The Morgan fingerprint density at radius 1 is 1.23 bits per heavy atom. The number of carbonyl (C=O) groups excluding carboxylic acids is 2. The molecular formula is C15H21ClFN3O2. The number of hydrogen-bond donors (Lipinski definition) is 2. The van der Waals surface area contributed by atoms with Gasteiger partial charge in [0, 0.05) is 37.7 Å². The maximum Gasteiger partial charge on any atom is 0.227 e. The van der Waals surface area contributed by atoms with Crippen molar-refractivity contribution in [1.82, 2.24) is 4.90 Å². The minimum Gasteiger partial charge on any atom is -0.343 e. The molecule has 5 nitrogen and oxygen atoms in total. The molecule has 0 unspecified atom stereocenters. The lowest BCUT2D eigenvalue weighted by molar-refractivity contribution is -0.134. The van der Waals surface area contributed by atoms with Crippen LogP contribution in [0.2, 0.25) is 0 Å². The Hall–Kier alpha value is -1.66. The van der Waals surface area contributed by atoms with E-state index in [0.29, 0.717) is 44.6 Å². The normalized spacial score (nSPS) is 15.1. The number of nitrogens with two attached hydrogens (primary N) is 1. The standard InChI is InChI=1S/C15H20FN3O2.ClH/c16-12-1-3-13(4-2-12)18-15(21)11-6-9-19(10-7-11)14(20)5-8-17;/h1-4,11H,5-10,17H2,(H,18,21);1H. The molecule has 7 heteroatoms. The Morgan fingerprint density at radius 3 is 2.36 bits per heavy atom. The van der Waals surface area contributed by atoms with E-state index in [2.05, 4.69) is 5.32 Å². The smallest absolute Gasteiger partial charge is 0.227 e. The fourth-order valence-electron chi connectivity index (χ4n) is 2.45. The molecule has 0 saturated carbocycles. The van der Waals surface area contributed by atoms with Crippen molar-refractivity contribution in [2.75, 3.05) is 25.0 Å². The third-order valence-corrected chi connectivity index (χ3v) is 3.69. The van der Waals surface area contributed by atoms with Crippen molar-refractivity contribution in [3.8, 4) is 0 Å². The number of rotatable bonds is 4. The number of anilines is 1. The zero-order valence-corrected chi connectivity index (χ0v) is 13.1. The number of likely N-dealkylation sites (tertiary alicyclic amines) is 1. The molecule has 1 saturated heterocycles. The van der Waals surface area contributed by atoms with Gasteiger partial charge in [-0.15, -0.1) is 12.4 Å². The Bertz CT molecular complexity index is 502. The van der Waals surface area contributed by atoms with Gasteiger partial charge in [0.05, 0.1) is 0 Å². The van der Waals surface area contributed by atoms with Gasteiger partial charge in [-0.1, -0.05) is 0 Å². The van der Waals surface area contributed by atoms with Gasteiger partial charge in [-0.2, -0.15) is 0 Å². The summed E-state index contributed by atoms with van der Waals surface area (Å²) < 4.78 is 12.8. The van der Waals surface area contributed by atoms with E-state index in [1.54, 1.807) is 4.90 Å². The van der Waals surface area contributed by atoms with Gasteiger partial charge in [0.25, 0.3) is 0 Å². The summed E-state index contributed by atoms with van der Waals surface area (Å²) in [6.07, 6.45) is 1.64. The van der Waals surface area contributed by atoms with Crippen LogP contribution < -0.4 is 11.1 Å². The van der Waals surface area contributed by atoms with Crippen molar-refractivity contribution >= 4 is 29.9 Å². The molecule has 1 aliphatic heterocycles. The molecule has 3 N–H and O–H groups in total. The molecule has 0 aromatic heterocycles. The van der Waals surface area contributed by atoms with E-state index in [0.717, 1.165) is 0 Å². The highest BCUT2D eigenvalue weighted by molar-refractivity contribution is 5.92. The number of piperidine rings is 1. The summed E-state index contributed by atoms with van der Waals surface area (Å²) in [5.41, 5.74) is 5.96. The third-order valence-electron chi connectivity index (χ3n) is 3.69. The lowest BCUT2D eigenvalue weighted by Crippen LogP contribution is -2.42. The highest BCUT2D eigenvalue weighted by atomic mass is 35.5. The molecule has 1 fully saturated rings. The number of carbonyl (C=O) groups is 2. The summed E-state index contributed by atoms with van der Waals surface area (Å²) in [5, 5.41) is 2.78. The molecule has 22 heavy (non-hydrogen) atoms. The van der Waals surface area contributed by atoms with E-state index < -0.39 is 0 Å². The minimum atomic E-state index is -0.334. The SMILES string of the molecule is Cl.NCCC(=O)N1CCC(C(=O)Nc2ccc(F)cc2)CC1. The van der Waals surface area contributed by atoms with Crippen molar-refractivity contribution in [3.05, 3.63) is 30.1 Å². The lowest BCUT2D eigenvalue weighted by Gasteiger charge is -2.31. The van der Waals surface area contributed by atoms with Gasteiger partial charge in [0.2, 0.25) is 11.8 Å². The van der Waals surface area contributed by atoms with Crippen LogP contribution in [-0.2, 0) is 9.59 Å². The van der Waals surface area contributed by atoms with Crippen molar-refractivity contribution in [2.24, 2.45) is 11.7 Å². The van der Waals surface area contributed by atoms with Crippen molar-refractivity contribution in [2.45, 2.75) is 19.3 Å². The number of halogens is 2. The molecule has 1 aliphatic rings. The largest absolute Gasteiger partial charge is 0.343 e. The summed E-state index contributed by atoms with van der Waals surface area (Å²) >= 11 is 0. The fraction of sp³-hybridized carbons (Fsp3) is 0.467. The second-order valence-corrected chi connectivity index (χ2v) is 5.19. The first-order chi connectivity index (χ1) is 10.1. The maximum absolute atomic E-state index is 12.8. The van der Waals surface area contributed by atoms with E-state index >= 15 is 0 Å². The Morgan fingerprint density at radius 2 is 1.82 bits per heavy atom. The molecule has 1 heterocycles. The second kappa shape index (κ2) is 8.70. The van der Waals surface area contributed by atoms with Crippen LogP contribution in [0.15, 0.2) is 24.3 Å². The van der Waals surface area contributed by atoms with E-state index in [-0.39, 0.29) is 36.0 Å². The lowest BCUT2D eigenvalue weighted by atomic mass is 9.95. The third kappa shape index (κ3) is 4.96. The predicted octanol–water partition coefficient (Wildman–Crippen LogP) is 1.77. The molecule has 1 aromatic carbocycles. The maximum atomic E-state index is 12.8. The number of benzene rings is 1. The first kappa shape index (κ1) is 18.4. The molecule has 0 bridgehead atoms. The molecule has 2 rings (SSSR count). The van der Waals surface area contributed by atoms with Gasteiger partial charge < -0.3 is 16.0 Å². The average Bonchev–Trinajstić information content (AvgIpc) is 2.50. The van der Waals surface area contributed by atoms with Crippen LogP contribution in [0.5, 0.6) is 0 Å². The average molecular weight is 330 g/mol. The van der Waals surface area contributed by atoms with E-state index in [9.17, 15) is 14.0 Å². The highest BCUT2D eigenvalue weighted by Gasteiger charge is 2.26. The zero-order chi connectivity index (χ0) is 15.2. The van der Waals surface area contributed by atoms with E-state index in [4.69, 9.17) is 5.73 Å². The van der Waals surface area contributed by atoms with Gasteiger partial charge >= 0.3 is 0 Å². The van der Waals surface area contributed by atoms with Crippen LogP contribution in [0.4, 0.5) is 10.1 Å². The first-order valence-electron chi connectivity index (χ1n) is 7.14. The van der Waals surface area contributed by atoms with Crippen molar-refractivity contribution < 1.29 is 14.0 Å². The summed E-state index contributed by atoms with van der Waals surface area (Å²) in [5.74, 6) is -0.473. The Balaban J connectivity index is 0.00000242. The van der Waals surface area contributed by atoms with Crippen LogP contribution in [0.1, 0.15) is 19.3 Å². The summed E-state index contributed by atoms with van der Waals surface area (Å²) in [6, 6.07) is 5.69. The number of nitrogens with zero attached hydrogens (tertiary/aromatic N) is 1. The summed E-state index contributed by atoms with van der Waals surface area (Å²) in [6.45, 7) is 1.52. The van der Waals surface area contributed by atoms with Gasteiger partial charge in [0.1, 0.15) is 5.82 Å². The first-order valence-corrected chi connectivity index (χ1v) is 7.14. The van der Waals surface area contributed by atoms with Crippen molar-refractivity contribution in [3.63, 3.8) is 0 Å². The number of nitrogens with one attached hydrogen (secondary N) is 1. The molecule has 0 atom stereocenters. The molecule has 122 valence electrons. The quantitative estimate of drug-likeness (QED) is 0.884. The van der Waals surface area contributed by atoms with E-state index in [1.807, 2.05) is 0 Å². The highest BCUT2D eigenvalue weighted by Crippen LogP contribution is 2.20. The van der Waals surface area contributed by atoms with Crippen LogP contribution in [0, 0.1) is 11.7 Å². The Kier molecular flexibility index (Phi) is 7.27. The van der Waals surface area contributed by atoms with Gasteiger partial charge in [0.15, 0.2) is 0 Å². The van der Waals surface area contributed by atoms with Crippen LogP contribution >= 0.6 is 12.4 Å². The van der Waals surface area contributed by atoms with Gasteiger partial charge in [-0.25, -0.2) is 4.39 Å². The topological polar surface area (TPSA) is 75.4 Å². The molecule has 2 amide bonds. The van der Waals surface area contributed by atoms with Gasteiger partial charge in [-0.3, -0.25) is 9.59 Å². The minimum absolute atomic E-state index is 0. The van der Waals surface area contributed by atoms with Crippen molar-refractivity contribution in [1.29, 1.82) is 0 Å². The fourth-order valence-corrected chi connectivity index (χ4v) is 2.45.